The van der Waals surface area contributed by atoms with E-state index in [2.05, 4.69) is 67.7 Å². The molecular formula is C31H35N7O2S. The van der Waals surface area contributed by atoms with Crippen molar-refractivity contribution in [1.82, 2.24) is 29.7 Å². The minimum absolute atomic E-state index is 0.0335. The third-order valence-corrected chi connectivity index (χ3v) is 7.74. The van der Waals surface area contributed by atoms with Crippen molar-refractivity contribution >= 4 is 29.3 Å². The van der Waals surface area contributed by atoms with E-state index in [9.17, 15) is 9.90 Å². The van der Waals surface area contributed by atoms with Crippen molar-refractivity contribution in [3.63, 3.8) is 0 Å². The Hall–Kier alpha value is -4.15. The minimum Gasteiger partial charge on any atom is -0.392 e. The summed E-state index contributed by atoms with van der Waals surface area (Å²) in [7, 11) is 0. The lowest BCUT2D eigenvalue weighted by molar-refractivity contribution is 0.251. The Labute approximate surface area is 244 Å². The molecule has 0 radical (unpaired) electrons. The number of rotatable bonds is 8. The maximum absolute atomic E-state index is 13.1. The van der Waals surface area contributed by atoms with Crippen LogP contribution in [0.1, 0.15) is 63.2 Å². The zero-order chi connectivity index (χ0) is 29.1. The Kier molecular flexibility index (Phi) is 8.14. The highest BCUT2D eigenvalue weighted by molar-refractivity contribution is 7.99. The first kappa shape index (κ1) is 28.4. The zero-order valence-electron chi connectivity index (χ0n) is 23.9. The Morgan fingerprint density at radius 3 is 2.49 bits per heavy atom. The lowest BCUT2D eigenvalue weighted by Crippen LogP contribution is -2.29. The molecule has 0 aliphatic rings. The number of hydrogen-bond acceptors (Lipinski definition) is 6. The highest BCUT2D eigenvalue weighted by Gasteiger charge is 2.22. The highest BCUT2D eigenvalue weighted by atomic mass is 32.2. The molecule has 0 aliphatic heterocycles. The Morgan fingerprint density at radius 2 is 1.78 bits per heavy atom. The summed E-state index contributed by atoms with van der Waals surface area (Å²) in [5.74, 6) is 1.75. The number of pyridine rings is 1. The second-order valence-electron chi connectivity index (χ2n) is 11.2. The summed E-state index contributed by atoms with van der Waals surface area (Å²) >= 11 is 1.64. The lowest BCUT2D eigenvalue weighted by atomic mass is 9.92. The summed E-state index contributed by atoms with van der Waals surface area (Å²) in [6.45, 7) is 10.8. The van der Waals surface area contributed by atoms with Crippen LogP contribution in [0.15, 0.2) is 82.7 Å². The quantitative estimate of drug-likeness (QED) is 0.202. The molecule has 2 aromatic carbocycles. The monoisotopic (exact) mass is 569 g/mol. The molecule has 3 aromatic heterocycles. The minimum atomic E-state index is -0.328. The van der Waals surface area contributed by atoms with E-state index >= 15 is 0 Å². The molecule has 41 heavy (non-hydrogen) atoms. The number of nitrogens with one attached hydrogen (secondary N) is 2. The zero-order valence-corrected chi connectivity index (χ0v) is 24.7. The van der Waals surface area contributed by atoms with E-state index in [0.29, 0.717) is 12.4 Å². The van der Waals surface area contributed by atoms with Crippen molar-refractivity contribution in [2.45, 2.75) is 68.9 Å². The summed E-state index contributed by atoms with van der Waals surface area (Å²) in [4.78, 5) is 15.2. The third kappa shape index (κ3) is 6.44. The third-order valence-electron chi connectivity index (χ3n) is 6.64. The first-order chi connectivity index (χ1) is 19.6. The van der Waals surface area contributed by atoms with Crippen LogP contribution in [-0.4, -0.2) is 35.5 Å². The van der Waals surface area contributed by atoms with Crippen LogP contribution in [0, 0.1) is 0 Å². The largest absolute Gasteiger partial charge is 0.392 e. The van der Waals surface area contributed by atoms with Crippen LogP contribution in [0.5, 0.6) is 0 Å². The van der Waals surface area contributed by atoms with Crippen LogP contribution >= 0.6 is 11.8 Å². The van der Waals surface area contributed by atoms with Gasteiger partial charge in [-0.05, 0) is 41.5 Å². The van der Waals surface area contributed by atoms with Crippen LogP contribution in [0.4, 0.5) is 10.6 Å². The highest BCUT2D eigenvalue weighted by Crippen LogP contribution is 2.31. The molecule has 5 rings (SSSR count). The number of anilines is 1. The number of fused-ring (bicyclic) bond motifs is 1. The summed E-state index contributed by atoms with van der Waals surface area (Å²) in [5, 5.41) is 28.8. The van der Waals surface area contributed by atoms with Gasteiger partial charge in [0.15, 0.2) is 5.65 Å². The van der Waals surface area contributed by atoms with E-state index < -0.39 is 0 Å². The molecule has 212 valence electrons. The molecule has 0 spiro atoms. The van der Waals surface area contributed by atoms with Crippen molar-refractivity contribution in [3.8, 4) is 5.69 Å². The molecule has 0 aliphatic carbocycles. The average molecular weight is 570 g/mol. The van der Waals surface area contributed by atoms with Crippen LogP contribution in [0.2, 0.25) is 0 Å². The average Bonchev–Trinajstić information content (AvgIpc) is 3.57. The van der Waals surface area contributed by atoms with Crippen molar-refractivity contribution in [1.29, 1.82) is 0 Å². The molecule has 2 amide bonds. The van der Waals surface area contributed by atoms with E-state index in [-0.39, 0.29) is 24.0 Å². The van der Waals surface area contributed by atoms with Gasteiger partial charge < -0.3 is 10.4 Å². The first-order valence-electron chi connectivity index (χ1n) is 13.6. The van der Waals surface area contributed by atoms with Crippen LogP contribution in [0.25, 0.3) is 11.3 Å². The molecule has 10 heteroatoms. The summed E-state index contributed by atoms with van der Waals surface area (Å²) in [6.07, 6.45) is 2.06. The van der Waals surface area contributed by atoms with Crippen molar-refractivity contribution in [2.24, 2.45) is 0 Å². The summed E-state index contributed by atoms with van der Waals surface area (Å²) in [5.41, 5.74) is 4.08. The number of aromatic nitrogens is 5. The number of hydrogen-bond donors (Lipinski definition) is 3. The number of amides is 2. The van der Waals surface area contributed by atoms with Gasteiger partial charge in [-0.1, -0.05) is 76.7 Å². The molecule has 0 unspecified atom stereocenters. The molecule has 0 saturated carbocycles. The molecule has 9 nitrogen and oxygen atoms in total. The Morgan fingerprint density at radius 1 is 1.02 bits per heavy atom. The summed E-state index contributed by atoms with van der Waals surface area (Å²) < 4.78 is 3.76. The van der Waals surface area contributed by atoms with Gasteiger partial charge >= 0.3 is 6.03 Å². The molecule has 0 bridgehead atoms. The maximum atomic E-state index is 13.1. The summed E-state index contributed by atoms with van der Waals surface area (Å²) in [6, 6.07) is 21.1. The number of carbonyl (C=O) groups is 1. The molecule has 0 saturated heterocycles. The van der Waals surface area contributed by atoms with Crippen LogP contribution in [-0.2, 0) is 18.6 Å². The van der Waals surface area contributed by atoms with E-state index in [1.165, 1.54) is 0 Å². The molecular weight excluding hydrogens is 534 g/mol. The number of urea groups is 1. The Balaban J connectivity index is 1.32. The van der Waals surface area contributed by atoms with Crippen molar-refractivity contribution in [3.05, 3.63) is 95.6 Å². The number of carbonyl (C=O) groups excluding carboxylic acids is 1. The SMILES string of the molecule is CC(C)c1nnc2ccc(Sc3ccccc3CNC(=O)Nc3cc(C(C)(C)C)nn3-c3ccc(CO)cc3)cn12. The van der Waals surface area contributed by atoms with Crippen molar-refractivity contribution < 1.29 is 9.90 Å². The molecule has 5 aromatic rings. The fourth-order valence-corrected chi connectivity index (χ4v) is 5.30. The van der Waals surface area contributed by atoms with Gasteiger partial charge in [0.05, 0.1) is 18.0 Å². The molecule has 0 atom stereocenters. The second kappa shape index (κ2) is 11.8. The predicted molar refractivity (Wildman–Crippen MR) is 162 cm³/mol. The number of aliphatic hydroxyl groups excluding tert-OH is 1. The van der Waals surface area contributed by atoms with Crippen molar-refractivity contribution in [2.75, 3.05) is 5.32 Å². The lowest BCUT2D eigenvalue weighted by Gasteiger charge is -2.14. The van der Waals surface area contributed by atoms with E-state index in [4.69, 9.17) is 5.10 Å². The second-order valence-corrected chi connectivity index (χ2v) is 12.3. The van der Waals surface area contributed by atoms with Gasteiger partial charge in [-0.25, -0.2) is 9.48 Å². The van der Waals surface area contributed by atoms with Gasteiger partial charge in [-0.2, -0.15) is 5.10 Å². The van der Waals surface area contributed by atoms with Crippen LogP contribution < -0.4 is 10.6 Å². The smallest absolute Gasteiger partial charge is 0.320 e. The van der Waals surface area contributed by atoms with E-state index in [0.717, 1.165) is 43.8 Å². The fourth-order valence-electron chi connectivity index (χ4n) is 4.33. The topological polar surface area (TPSA) is 109 Å². The van der Waals surface area contributed by atoms with Gasteiger partial charge in [0.1, 0.15) is 11.6 Å². The normalized spacial score (nSPS) is 11.8. The number of benzene rings is 2. The Bertz CT molecular complexity index is 1670. The predicted octanol–water partition coefficient (Wildman–Crippen LogP) is 6.30. The van der Waals surface area contributed by atoms with Gasteiger partial charge in [0, 0.05) is 39.9 Å². The molecule has 0 fully saturated rings. The number of nitrogens with zero attached hydrogens (tertiary/aromatic N) is 5. The molecule has 3 heterocycles. The molecule has 3 N–H and O–H groups in total. The fraction of sp³-hybridized carbons (Fsp3) is 0.290. The van der Waals surface area contributed by atoms with Gasteiger partial charge in [-0.3, -0.25) is 9.72 Å². The standard InChI is InChI=1S/C31H35N7O2S/c1-20(2)29-35-34-27-15-14-24(18-37(27)29)41-25-9-7-6-8-22(25)17-32-30(40)33-28-16-26(31(3,4)5)36-38(28)23-12-10-21(19-39)11-13-23/h6-16,18,20,39H,17,19H2,1-5H3,(H2,32,33,40). The van der Waals surface area contributed by atoms with E-state index in [1.54, 1.807) is 16.4 Å². The van der Waals surface area contributed by atoms with E-state index in [1.807, 2.05) is 65.1 Å². The van der Waals surface area contributed by atoms with Gasteiger partial charge in [-0.15, -0.1) is 10.2 Å². The maximum Gasteiger partial charge on any atom is 0.320 e. The van der Waals surface area contributed by atoms with Gasteiger partial charge in [0.2, 0.25) is 0 Å². The first-order valence-corrected chi connectivity index (χ1v) is 14.4. The number of aliphatic hydroxyl groups is 1. The van der Waals surface area contributed by atoms with Crippen LogP contribution in [0.3, 0.4) is 0 Å². The van der Waals surface area contributed by atoms with Gasteiger partial charge in [0.25, 0.3) is 0 Å².